The maximum Gasteiger partial charge on any atom is 0.252 e. The predicted octanol–water partition coefficient (Wildman–Crippen LogP) is 2.27. The van der Waals surface area contributed by atoms with Crippen LogP contribution in [0.15, 0.2) is 24.4 Å². The Kier molecular flexibility index (Phi) is 4.73. The first-order valence-electron chi connectivity index (χ1n) is 7.17. The summed E-state index contributed by atoms with van der Waals surface area (Å²) in [6.45, 7) is 9.45. The highest BCUT2D eigenvalue weighted by Gasteiger charge is 2.10. The molecule has 2 aromatic rings. The molecule has 0 saturated carbocycles. The molecule has 0 spiro atoms. The number of carbonyl (C=O) groups excluding carboxylic acids is 1. The van der Waals surface area contributed by atoms with Crippen LogP contribution in [0.25, 0.3) is 0 Å². The van der Waals surface area contributed by atoms with Crippen molar-refractivity contribution in [3.8, 4) is 0 Å². The summed E-state index contributed by atoms with van der Waals surface area (Å²) >= 11 is 0. The number of aromatic nitrogens is 3. The van der Waals surface area contributed by atoms with Crippen LogP contribution in [0.3, 0.4) is 0 Å². The summed E-state index contributed by atoms with van der Waals surface area (Å²) < 4.78 is 1.99. The molecule has 5 heteroatoms. The number of pyridine rings is 1. The fraction of sp³-hybridized carbons (Fsp3) is 0.438. The molecule has 1 N–H and O–H groups in total. The van der Waals surface area contributed by atoms with Gasteiger partial charge in [0.2, 0.25) is 0 Å². The van der Waals surface area contributed by atoms with Crippen LogP contribution in [0.4, 0.5) is 0 Å². The number of rotatable bonds is 5. The number of aryl methyl sites for hydroxylation is 3. The van der Waals surface area contributed by atoms with Gasteiger partial charge in [-0.05, 0) is 44.9 Å². The van der Waals surface area contributed by atoms with Crippen LogP contribution in [0, 0.1) is 26.7 Å². The van der Waals surface area contributed by atoms with Gasteiger partial charge in [-0.25, -0.2) is 0 Å². The molecule has 5 nitrogen and oxygen atoms in total. The van der Waals surface area contributed by atoms with E-state index in [2.05, 4.69) is 28.4 Å². The maximum atomic E-state index is 12.0. The molecule has 0 aliphatic carbocycles. The lowest BCUT2D eigenvalue weighted by atomic mass is 10.1. The van der Waals surface area contributed by atoms with E-state index in [1.54, 1.807) is 12.3 Å². The molecule has 21 heavy (non-hydrogen) atoms. The average molecular weight is 286 g/mol. The quantitative estimate of drug-likeness (QED) is 0.917. The first kappa shape index (κ1) is 15.2. The summed E-state index contributed by atoms with van der Waals surface area (Å²) in [6.07, 6.45) is 1.61. The zero-order valence-corrected chi connectivity index (χ0v) is 13.1. The minimum Gasteiger partial charge on any atom is -0.352 e. The van der Waals surface area contributed by atoms with Crippen molar-refractivity contribution in [2.24, 2.45) is 5.92 Å². The molecule has 0 radical (unpaired) electrons. The molecule has 1 amide bonds. The summed E-state index contributed by atoms with van der Waals surface area (Å²) in [5.74, 6) is 0.230. The Labute approximate surface area is 125 Å². The SMILES string of the molecule is Cc1ccc(C(=O)NCC(C)Cn2nc(C)cc2C)cn1. The highest BCUT2D eigenvalue weighted by atomic mass is 16.1. The molecule has 0 saturated heterocycles. The van der Waals surface area contributed by atoms with Gasteiger partial charge >= 0.3 is 0 Å². The predicted molar refractivity (Wildman–Crippen MR) is 82.2 cm³/mol. The van der Waals surface area contributed by atoms with Crippen molar-refractivity contribution in [3.63, 3.8) is 0 Å². The Morgan fingerprint density at radius 1 is 1.29 bits per heavy atom. The Balaban J connectivity index is 1.86. The van der Waals surface area contributed by atoms with E-state index in [-0.39, 0.29) is 5.91 Å². The molecular formula is C16H22N4O. The van der Waals surface area contributed by atoms with E-state index in [0.29, 0.717) is 18.0 Å². The average Bonchev–Trinajstić information content (AvgIpc) is 2.75. The Morgan fingerprint density at radius 2 is 2.05 bits per heavy atom. The second kappa shape index (κ2) is 6.52. The van der Waals surface area contributed by atoms with Crippen molar-refractivity contribution in [2.45, 2.75) is 34.2 Å². The number of nitrogens with one attached hydrogen (secondary N) is 1. The number of amides is 1. The molecule has 0 aliphatic rings. The molecule has 0 aliphatic heterocycles. The summed E-state index contributed by atoms with van der Waals surface area (Å²) in [6, 6.07) is 5.70. The third-order valence-corrected chi connectivity index (χ3v) is 3.37. The van der Waals surface area contributed by atoms with Crippen LogP contribution in [-0.4, -0.2) is 27.2 Å². The topological polar surface area (TPSA) is 59.8 Å². The lowest BCUT2D eigenvalue weighted by Gasteiger charge is -2.14. The van der Waals surface area contributed by atoms with Crippen LogP contribution < -0.4 is 5.32 Å². The summed E-state index contributed by atoms with van der Waals surface area (Å²) in [4.78, 5) is 16.1. The monoisotopic (exact) mass is 286 g/mol. The number of hydrogen-bond acceptors (Lipinski definition) is 3. The van der Waals surface area contributed by atoms with E-state index in [9.17, 15) is 4.79 Å². The normalized spacial score (nSPS) is 12.2. The first-order chi connectivity index (χ1) is 9.95. The van der Waals surface area contributed by atoms with Gasteiger partial charge in [0.25, 0.3) is 5.91 Å². The Morgan fingerprint density at radius 3 is 2.62 bits per heavy atom. The molecule has 2 heterocycles. The minimum absolute atomic E-state index is 0.0808. The van der Waals surface area contributed by atoms with Gasteiger partial charge in [0, 0.05) is 30.7 Å². The van der Waals surface area contributed by atoms with Crippen molar-refractivity contribution in [2.75, 3.05) is 6.54 Å². The zero-order chi connectivity index (χ0) is 15.4. The number of hydrogen-bond donors (Lipinski definition) is 1. The van der Waals surface area contributed by atoms with Crippen LogP contribution in [0.5, 0.6) is 0 Å². The molecule has 2 rings (SSSR count). The largest absolute Gasteiger partial charge is 0.352 e. The van der Waals surface area contributed by atoms with Crippen LogP contribution >= 0.6 is 0 Å². The molecule has 1 unspecified atom stereocenters. The van der Waals surface area contributed by atoms with Gasteiger partial charge in [-0.3, -0.25) is 14.5 Å². The molecule has 112 valence electrons. The van der Waals surface area contributed by atoms with Crippen molar-refractivity contribution in [1.82, 2.24) is 20.1 Å². The van der Waals surface area contributed by atoms with E-state index in [0.717, 1.165) is 23.6 Å². The summed E-state index contributed by atoms with van der Waals surface area (Å²) in [5, 5.41) is 7.38. The van der Waals surface area contributed by atoms with E-state index in [4.69, 9.17) is 0 Å². The number of carbonyl (C=O) groups is 1. The van der Waals surface area contributed by atoms with E-state index >= 15 is 0 Å². The maximum absolute atomic E-state index is 12.0. The Hall–Kier alpha value is -2.17. The van der Waals surface area contributed by atoms with Crippen molar-refractivity contribution in [3.05, 3.63) is 47.0 Å². The Bertz CT molecular complexity index is 616. The third kappa shape index (κ3) is 4.15. The van der Waals surface area contributed by atoms with E-state index in [1.807, 2.05) is 31.5 Å². The fourth-order valence-corrected chi connectivity index (χ4v) is 2.19. The molecular weight excluding hydrogens is 264 g/mol. The smallest absolute Gasteiger partial charge is 0.252 e. The van der Waals surface area contributed by atoms with Gasteiger partial charge in [-0.1, -0.05) is 6.92 Å². The van der Waals surface area contributed by atoms with Gasteiger partial charge < -0.3 is 5.32 Å². The molecule has 0 fully saturated rings. The minimum atomic E-state index is -0.0808. The lowest BCUT2D eigenvalue weighted by molar-refractivity contribution is 0.0946. The van der Waals surface area contributed by atoms with Crippen LogP contribution in [0.2, 0.25) is 0 Å². The first-order valence-corrected chi connectivity index (χ1v) is 7.17. The van der Waals surface area contributed by atoms with Gasteiger partial charge in [0.15, 0.2) is 0 Å². The van der Waals surface area contributed by atoms with E-state index in [1.165, 1.54) is 0 Å². The van der Waals surface area contributed by atoms with Crippen molar-refractivity contribution < 1.29 is 4.79 Å². The standard InChI is InChI=1S/C16H22N4O/c1-11(10-20-14(4)7-13(3)19-20)8-18-16(21)15-6-5-12(2)17-9-15/h5-7,9,11H,8,10H2,1-4H3,(H,18,21). The molecule has 2 aromatic heterocycles. The second-order valence-electron chi connectivity index (χ2n) is 5.61. The van der Waals surface area contributed by atoms with Crippen molar-refractivity contribution in [1.29, 1.82) is 0 Å². The van der Waals surface area contributed by atoms with Gasteiger partial charge in [-0.2, -0.15) is 5.10 Å². The van der Waals surface area contributed by atoms with Gasteiger partial charge in [0.05, 0.1) is 11.3 Å². The third-order valence-electron chi connectivity index (χ3n) is 3.37. The van der Waals surface area contributed by atoms with E-state index < -0.39 is 0 Å². The molecule has 1 atom stereocenters. The second-order valence-corrected chi connectivity index (χ2v) is 5.61. The van der Waals surface area contributed by atoms with Gasteiger partial charge in [0.1, 0.15) is 0 Å². The summed E-state index contributed by atoms with van der Waals surface area (Å²) in [7, 11) is 0. The van der Waals surface area contributed by atoms with Gasteiger partial charge in [-0.15, -0.1) is 0 Å². The highest BCUT2D eigenvalue weighted by Crippen LogP contribution is 2.06. The van der Waals surface area contributed by atoms with Crippen molar-refractivity contribution >= 4 is 5.91 Å². The fourth-order valence-electron chi connectivity index (χ4n) is 2.19. The van der Waals surface area contributed by atoms with Crippen LogP contribution in [-0.2, 0) is 6.54 Å². The van der Waals surface area contributed by atoms with Crippen LogP contribution in [0.1, 0.15) is 34.4 Å². The molecule has 0 bridgehead atoms. The zero-order valence-electron chi connectivity index (χ0n) is 13.1. The lowest BCUT2D eigenvalue weighted by Crippen LogP contribution is -2.30. The molecule has 0 aromatic carbocycles. The number of nitrogens with zero attached hydrogens (tertiary/aromatic N) is 3. The highest BCUT2D eigenvalue weighted by molar-refractivity contribution is 5.93. The summed E-state index contributed by atoms with van der Waals surface area (Å²) in [5.41, 5.74) is 3.67.